The second-order valence-electron chi connectivity index (χ2n) is 7.23. The van der Waals surface area contributed by atoms with Crippen LogP contribution in [-0.4, -0.2) is 47.9 Å². The van der Waals surface area contributed by atoms with Crippen LogP contribution < -0.4 is 0 Å². The predicted molar refractivity (Wildman–Crippen MR) is 106 cm³/mol. The van der Waals surface area contributed by atoms with E-state index in [9.17, 15) is 0 Å². The van der Waals surface area contributed by atoms with Crippen LogP contribution in [0.3, 0.4) is 0 Å². The Balaban J connectivity index is 2.78. The van der Waals surface area contributed by atoms with Gasteiger partial charge in [-0.15, -0.1) is 0 Å². The molecule has 1 saturated heterocycles. The van der Waals surface area contributed by atoms with Crippen LogP contribution in [0.5, 0.6) is 0 Å². The summed E-state index contributed by atoms with van der Waals surface area (Å²) >= 11 is -0.768. The number of ether oxygens (including phenoxy) is 3. The van der Waals surface area contributed by atoms with Crippen molar-refractivity contribution in [3.63, 3.8) is 0 Å². The Bertz CT molecular complexity index is 380. The predicted octanol–water partition coefficient (Wildman–Crippen LogP) is 5.36. The molecule has 0 aliphatic carbocycles. The third kappa shape index (κ3) is 8.20. The molecule has 2 radical (unpaired) electrons. The van der Waals surface area contributed by atoms with Gasteiger partial charge in [-0.05, 0) is 0 Å². The molecule has 0 aromatic rings. The van der Waals surface area contributed by atoms with Crippen molar-refractivity contribution in [3.05, 3.63) is 0 Å². The van der Waals surface area contributed by atoms with Gasteiger partial charge in [-0.3, -0.25) is 0 Å². The Hall–Kier alpha value is 0.239. The van der Waals surface area contributed by atoms with Crippen LogP contribution in [0.25, 0.3) is 0 Å². The maximum absolute atomic E-state index is 5.72. The molecule has 0 saturated carbocycles. The number of rotatable bonds is 12. The van der Waals surface area contributed by atoms with E-state index in [1.807, 2.05) is 0 Å². The monoisotopic (exact) mass is 458 g/mol. The standard InChI is InChI=1S/C13H27.C8H11O3.Sn/c1-4-7-10-13(11-8-5-2)12-9-6-3;1-4-6-5-7(9-2)11-8(6)10-3;/h4-12H2,1-3H3;6-8H,5H2,2-3H3;. The zero-order valence-electron chi connectivity index (χ0n) is 17.0. The van der Waals surface area contributed by atoms with Gasteiger partial charge in [0.25, 0.3) is 0 Å². The Labute approximate surface area is 166 Å². The second kappa shape index (κ2) is 13.4. The number of unbranched alkanes of at least 4 members (excludes halogenated alkanes) is 3. The third-order valence-corrected chi connectivity index (χ3v) is 9.59. The minimum atomic E-state index is -0.768. The normalized spacial score (nSPS) is 23.5. The first-order valence-electron chi connectivity index (χ1n) is 10.1. The van der Waals surface area contributed by atoms with Crippen LogP contribution in [0.1, 0.15) is 85.0 Å². The first-order chi connectivity index (χ1) is 12.1. The van der Waals surface area contributed by atoms with Crippen molar-refractivity contribution in [2.75, 3.05) is 14.2 Å². The van der Waals surface area contributed by atoms with Crippen LogP contribution in [0.15, 0.2) is 0 Å². The fourth-order valence-corrected chi connectivity index (χ4v) is 7.56. The van der Waals surface area contributed by atoms with Gasteiger partial charge >= 0.3 is 166 Å². The van der Waals surface area contributed by atoms with Gasteiger partial charge in [-0.25, -0.2) is 0 Å². The molecule has 3 atom stereocenters. The van der Waals surface area contributed by atoms with Gasteiger partial charge in [-0.2, -0.15) is 0 Å². The molecule has 0 bridgehead atoms. The Morgan fingerprint density at radius 2 is 1.52 bits per heavy atom. The average molecular weight is 457 g/mol. The molecule has 1 fully saturated rings. The van der Waals surface area contributed by atoms with Crippen LogP contribution in [0, 0.1) is 15.8 Å². The van der Waals surface area contributed by atoms with E-state index in [1.54, 1.807) is 14.2 Å². The molecule has 1 heterocycles. The molecule has 0 N–H and O–H groups in total. The number of hydrogen-bond acceptors (Lipinski definition) is 3. The summed E-state index contributed by atoms with van der Waals surface area (Å²) in [7, 11) is 3.39. The van der Waals surface area contributed by atoms with E-state index in [4.69, 9.17) is 14.2 Å². The van der Waals surface area contributed by atoms with E-state index in [2.05, 4.69) is 30.6 Å². The van der Waals surface area contributed by atoms with Crippen LogP contribution in [-0.2, 0) is 14.2 Å². The molecular weight excluding hydrogens is 419 g/mol. The van der Waals surface area contributed by atoms with Crippen molar-refractivity contribution in [1.82, 2.24) is 0 Å². The van der Waals surface area contributed by atoms with E-state index in [-0.39, 0.29) is 18.5 Å². The van der Waals surface area contributed by atoms with E-state index in [0.29, 0.717) is 3.43 Å². The van der Waals surface area contributed by atoms with E-state index in [0.717, 1.165) is 6.42 Å². The maximum atomic E-state index is 5.72. The molecule has 0 spiro atoms. The molecule has 0 amide bonds. The second-order valence-corrected chi connectivity index (χ2v) is 11.7. The zero-order chi connectivity index (χ0) is 18.5. The van der Waals surface area contributed by atoms with E-state index in [1.165, 1.54) is 57.8 Å². The summed E-state index contributed by atoms with van der Waals surface area (Å²) in [5, 5.41) is 0. The summed E-state index contributed by atoms with van der Waals surface area (Å²) in [6.07, 6.45) is 12.6. The van der Waals surface area contributed by atoms with Crippen LogP contribution in [0.4, 0.5) is 0 Å². The van der Waals surface area contributed by atoms with Gasteiger partial charge in [0.2, 0.25) is 0 Å². The number of methoxy groups -OCH3 is 2. The summed E-state index contributed by atoms with van der Waals surface area (Å²) in [4.78, 5) is 0. The van der Waals surface area contributed by atoms with Crippen molar-refractivity contribution < 1.29 is 14.2 Å². The Morgan fingerprint density at radius 1 is 0.960 bits per heavy atom. The van der Waals surface area contributed by atoms with Gasteiger partial charge in [0.05, 0.1) is 0 Å². The van der Waals surface area contributed by atoms with Crippen molar-refractivity contribution >= 4 is 21.1 Å². The number of hydrogen-bond donors (Lipinski definition) is 0. The quantitative estimate of drug-likeness (QED) is 0.292. The zero-order valence-corrected chi connectivity index (χ0v) is 19.9. The SMILES string of the molecule is CCCC[C](CCCC)(CCCC)[Sn][C]#CC1CC(OC)OC1OC. The van der Waals surface area contributed by atoms with Crippen LogP contribution in [0.2, 0.25) is 3.43 Å². The summed E-state index contributed by atoms with van der Waals surface area (Å²) in [5.74, 6) is 3.69. The molecule has 0 aromatic heterocycles. The van der Waals surface area contributed by atoms with Crippen molar-refractivity contribution in [2.45, 2.75) is 101 Å². The van der Waals surface area contributed by atoms with E-state index < -0.39 is 21.1 Å². The fourth-order valence-electron chi connectivity index (χ4n) is 3.49. The molecular formula is C21H38O3Sn. The molecule has 3 unspecified atom stereocenters. The third-order valence-electron chi connectivity index (χ3n) is 5.17. The van der Waals surface area contributed by atoms with Crippen LogP contribution >= 0.6 is 0 Å². The molecule has 0 aromatic carbocycles. The van der Waals surface area contributed by atoms with Crippen molar-refractivity contribution in [2.24, 2.45) is 5.92 Å². The van der Waals surface area contributed by atoms with Gasteiger partial charge < -0.3 is 0 Å². The molecule has 4 heteroatoms. The summed E-state index contributed by atoms with van der Waals surface area (Å²) in [5.41, 5.74) is 0. The molecule has 144 valence electrons. The first kappa shape index (κ1) is 23.3. The summed E-state index contributed by atoms with van der Waals surface area (Å²) < 4.78 is 20.8. The first-order valence-corrected chi connectivity index (χ1v) is 13.0. The molecule has 25 heavy (non-hydrogen) atoms. The van der Waals surface area contributed by atoms with Gasteiger partial charge in [0, 0.05) is 0 Å². The van der Waals surface area contributed by atoms with Crippen molar-refractivity contribution in [3.8, 4) is 9.86 Å². The van der Waals surface area contributed by atoms with E-state index >= 15 is 0 Å². The fraction of sp³-hybridized carbons (Fsp3) is 0.905. The van der Waals surface area contributed by atoms with Gasteiger partial charge in [0.1, 0.15) is 0 Å². The molecule has 1 aliphatic rings. The minimum absolute atomic E-state index is 0.164. The van der Waals surface area contributed by atoms with Crippen molar-refractivity contribution in [1.29, 1.82) is 0 Å². The molecule has 3 nitrogen and oxygen atoms in total. The topological polar surface area (TPSA) is 27.7 Å². The Kier molecular flexibility index (Phi) is 12.5. The molecule has 1 rings (SSSR count). The summed E-state index contributed by atoms with van der Waals surface area (Å²) in [6.45, 7) is 6.93. The summed E-state index contributed by atoms with van der Waals surface area (Å²) in [6, 6.07) is 0. The molecule has 1 aliphatic heterocycles. The van der Waals surface area contributed by atoms with Gasteiger partial charge in [0.15, 0.2) is 0 Å². The average Bonchev–Trinajstić information content (AvgIpc) is 3.05. The van der Waals surface area contributed by atoms with Gasteiger partial charge in [-0.1, -0.05) is 0 Å². The Morgan fingerprint density at radius 3 is 1.96 bits per heavy atom.